The lowest BCUT2D eigenvalue weighted by Gasteiger charge is -2.43. The van der Waals surface area contributed by atoms with Crippen molar-refractivity contribution in [2.75, 3.05) is 45.8 Å². The van der Waals surface area contributed by atoms with E-state index in [1.54, 1.807) is 28.8 Å². The fourth-order valence-electron chi connectivity index (χ4n) is 3.68. The van der Waals surface area contributed by atoms with Crippen molar-refractivity contribution >= 4 is 20.8 Å². The molecule has 2 N–H and O–H groups in total. The fourth-order valence-corrected chi connectivity index (χ4v) is 5.49. The summed E-state index contributed by atoms with van der Waals surface area (Å²) in [6.45, 7) is 5.30. The van der Waals surface area contributed by atoms with E-state index in [0.29, 0.717) is 29.9 Å². The molecular weight excluding hydrogens is 338 g/mol. The van der Waals surface area contributed by atoms with Crippen LogP contribution < -0.4 is 10.6 Å². The van der Waals surface area contributed by atoms with E-state index in [-0.39, 0.29) is 6.17 Å². The summed E-state index contributed by atoms with van der Waals surface area (Å²) in [6, 6.07) is 7.26. The zero-order chi connectivity index (χ0) is 17.3. The highest BCUT2D eigenvalue weighted by molar-refractivity contribution is 7.89. The van der Waals surface area contributed by atoms with Crippen LogP contribution in [0.2, 0.25) is 0 Å². The highest BCUT2D eigenvalue weighted by Crippen LogP contribution is 2.27. The minimum absolute atomic E-state index is 0.146. The number of hydrogen-bond acceptors (Lipinski definition) is 6. The van der Waals surface area contributed by atoms with Crippen molar-refractivity contribution in [3.8, 4) is 0 Å². The first-order valence-corrected chi connectivity index (χ1v) is 10.1. The van der Waals surface area contributed by atoms with Gasteiger partial charge in [-0.3, -0.25) is 9.88 Å². The highest BCUT2D eigenvalue weighted by atomic mass is 32.2. The highest BCUT2D eigenvalue weighted by Gasteiger charge is 2.37. The van der Waals surface area contributed by atoms with Crippen LogP contribution in [0.15, 0.2) is 41.6 Å². The molecule has 8 heteroatoms. The minimum Gasteiger partial charge on any atom is -0.314 e. The van der Waals surface area contributed by atoms with Crippen LogP contribution >= 0.6 is 0 Å². The summed E-state index contributed by atoms with van der Waals surface area (Å²) in [5.41, 5.74) is 0. The van der Waals surface area contributed by atoms with E-state index in [2.05, 4.69) is 20.5 Å². The first kappa shape index (κ1) is 16.9. The third kappa shape index (κ3) is 3.16. The average molecular weight is 361 g/mol. The van der Waals surface area contributed by atoms with Crippen molar-refractivity contribution in [1.29, 1.82) is 0 Å². The molecule has 0 amide bonds. The van der Waals surface area contributed by atoms with Crippen LogP contribution in [0.25, 0.3) is 10.8 Å². The Bertz CT molecular complexity index is 846. The summed E-state index contributed by atoms with van der Waals surface area (Å²) in [5.74, 6) is 0. The number of sulfonamides is 1. The van der Waals surface area contributed by atoms with E-state index in [1.165, 1.54) is 0 Å². The molecule has 0 aliphatic carbocycles. The van der Waals surface area contributed by atoms with Gasteiger partial charge in [0.2, 0.25) is 10.0 Å². The molecule has 2 saturated heterocycles. The van der Waals surface area contributed by atoms with Crippen LogP contribution in [-0.2, 0) is 10.0 Å². The van der Waals surface area contributed by atoms with Crippen LogP contribution in [0.5, 0.6) is 0 Å². The second-order valence-electron chi connectivity index (χ2n) is 6.44. The van der Waals surface area contributed by atoms with Crippen molar-refractivity contribution < 1.29 is 8.42 Å². The van der Waals surface area contributed by atoms with Gasteiger partial charge in [-0.2, -0.15) is 4.31 Å². The molecule has 1 atom stereocenters. The second-order valence-corrected chi connectivity index (χ2v) is 8.30. The lowest BCUT2D eigenvalue weighted by atomic mass is 10.2. The van der Waals surface area contributed by atoms with Gasteiger partial charge in [-0.25, -0.2) is 8.42 Å². The molecule has 0 spiro atoms. The van der Waals surface area contributed by atoms with Crippen molar-refractivity contribution in [3.63, 3.8) is 0 Å². The Morgan fingerprint density at radius 3 is 2.68 bits per heavy atom. The van der Waals surface area contributed by atoms with Crippen molar-refractivity contribution in [1.82, 2.24) is 24.8 Å². The fraction of sp³-hybridized carbons (Fsp3) is 0.471. The molecule has 2 aliphatic heterocycles. The molecule has 2 aromatic rings. The van der Waals surface area contributed by atoms with Gasteiger partial charge in [-0.1, -0.05) is 12.1 Å². The third-order valence-electron chi connectivity index (χ3n) is 4.97. The van der Waals surface area contributed by atoms with Gasteiger partial charge in [0.25, 0.3) is 0 Å². The Balaban J connectivity index is 1.74. The molecule has 1 aromatic carbocycles. The van der Waals surface area contributed by atoms with E-state index in [4.69, 9.17) is 0 Å². The normalized spacial score (nSPS) is 23.8. The van der Waals surface area contributed by atoms with Gasteiger partial charge in [0.15, 0.2) is 0 Å². The number of benzene rings is 1. The monoisotopic (exact) mass is 361 g/mol. The molecule has 2 fully saturated rings. The molecule has 0 bridgehead atoms. The van der Waals surface area contributed by atoms with E-state index >= 15 is 0 Å². The van der Waals surface area contributed by atoms with Gasteiger partial charge < -0.3 is 10.6 Å². The number of piperazine rings is 2. The molecule has 25 heavy (non-hydrogen) atoms. The average Bonchev–Trinajstić information content (AvgIpc) is 2.68. The Kier molecular flexibility index (Phi) is 4.70. The maximum Gasteiger partial charge on any atom is 0.245 e. The number of rotatable bonds is 3. The predicted molar refractivity (Wildman–Crippen MR) is 96.7 cm³/mol. The summed E-state index contributed by atoms with van der Waals surface area (Å²) < 4.78 is 28.6. The van der Waals surface area contributed by atoms with E-state index in [1.807, 2.05) is 12.1 Å². The van der Waals surface area contributed by atoms with Crippen LogP contribution in [0.3, 0.4) is 0 Å². The summed E-state index contributed by atoms with van der Waals surface area (Å²) in [4.78, 5) is 6.73. The topological polar surface area (TPSA) is 77.6 Å². The predicted octanol–water partition coefficient (Wildman–Crippen LogP) is 0.0600. The zero-order valence-corrected chi connectivity index (χ0v) is 14.9. The van der Waals surface area contributed by atoms with Crippen LogP contribution in [0, 0.1) is 0 Å². The molecule has 4 rings (SSSR count). The minimum atomic E-state index is -3.60. The lowest BCUT2D eigenvalue weighted by molar-refractivity contribution is 0.0700. The molecule has 0 saturated carbocycles. The molecule has 0 radical (unpaired) electrons. The van der Waals surface area contributed by atoms with Gasteiger partial charge in [0, 0.05) is 63.6 Å². The Morgan fingerprint density at radius 2 is 1.84 bits per heavy atom. The quantitative estimate of drug-likeness (QED) is 0.805. The Hall–Kier alpha value is -1.58. The number of hydrogen-bond donors (Lipinski definition) is 2. The molecule has 1 aromatic heterocycles. The molecule has 2 aliphatic rings. The maximum absolute atomic E-state index is 13.5. The van der Waals surface area contributed by atoms with Crippen molar-refractivity contribution in [2.24, 2.45) is 0 Å². The first-order valence-electron chi connectivity index (χ1n) is 8.68. The Labute approximate surface area is 148 Å². The SMILES string of the molecule is O=S(=O)(c1cccc2ccncc12)N1CCNCC1N1CCNCC1. The van der Waals surface area contributed by atoms with Gasteiger partial charge >= 0.3 is 0 Å². The summed E-state index contributed by atoms with van der Waals surface area (Å²) in [6.07, 6.45) is 3.19. The molecule has 3 heterocycles. The number of fused-ring (bicyclic) bond motifs is 1. The molecular formula is C17H23N5O2S. The van der Waals surface area contributed by atoms with Gasteiger partial charge in [-0.05, 0) is 17.5 Å². The second kappa shape index (κ2) is 6.97. The summed E-state index contributed by atoms with van der Waals surface area (Å²) in [7, 11) is -3.60. The van der Waals surface area contributed by atoms with Crippen molar-refractivity contribution in [2.45, 2.75) is 11.1 Å². The summed E-state index contributed by atoms with van der Waals surface area (Å²) in [5, 5.41) is 8.24. The maximum atomic E-state index is 13.5. The third-order valence-corrected chi connectivity index (χ3v) is 6.93. The number of aromatic nitrogens is 1. The van der Waals surface area contributed by atoms with Crippen LogP contribution in [-0.4, -0.2) is 74.6 Å². The zero-order valence-electron chi connectivity index (χ0n) is 14.1. The summed E-state index contributed by atoms with van der Waals surface area (Å²) >= 11 is 0. The number of pyridine rings is 1. The van der Waals surface area contributed by atoms with Crippen LogP contribution in [0.1, 0.15) is 0 Å². The van der Waals surface area contributed by atoms with E-state index in [0.717, 1.165) is 31.6 Å². The van der Waals surface area contributed by atoms with E-state index in [9.17, 15) is 8.42 Å². The lowest BCUT2D eigenvalue weighted by Crippen LogP contribution is -2.63. The number of nitrogens with one attached hydrogen (secondary N) is 2. The van der Waals surface area contributed by atoms with Gasteiger partial charge in [0.1, 0.15) is 0 Å². The van der Waals surface area contributed by atoms with E-state index < -0.39 is 10.0 Å². The largest absolute Gasteiger partial charge is 0.314 e. The smallest absolute Gasteiger partial charge is 0.245 e. The van der Waals surface area contributed by atoms with Gasteiger partial charge in [-0.15, -0.1) is 0 Å². The van der Waals surface area contributed by atoms with Crippen molar-refractivity contribution in [3.05, 3.63) is 36.7 Å². The van der Waals surface area contributed by atoms with Crippen LogP contribution in [0.4, 0.5) is 0 Å². The molecule has 7 nitrogen and oxygen atoms in total. The molecule has 134 valence electrons. The number of nitrogens with zero attached hydrogens (tertiary/aromatic N) is 3. The first-order chi connectivity index (χ1) is 12.2. The molecule has 1 unspecified atom stereocenters. The Morgan fingerprint density at radius 1 is 1.04 bits per heavy atom. The van der Waals surface area contributed by atoms with Gasteiger partial charge in [0.05, 0.1) is 11.1 Å². The standard InChI is InChI=1S/C17H23N5O2S/c23-25(24,16-3-1-2-14-4-5-19-12-15(14)16)22-11-8-20-13-17(22)21-9-6-18-7-10-21/h1-5,12,17-18,20H,6-11,13H2.